The number of cyclic esters (lactones) is 8. The zero-order valence-electron chi connectivity index (χ0n) is 21.0. The highest BCUT2D eigenvalue weighted by atomic mass is 16.8. The van der Waals surface area contributed by atoms with Crippen molar-refractivity contribution in [1.29, 1.82) is 0 Å². The molecule has 0 saturated carbocycles. The van der Waals surface area contributed by atoms with E-state index in [0.717, 1.165) is 51.4 Å². The SMILES string of the molecule is O=C1OCC(CCCC(CCCC2COC(=O)O2)(CCCC2COC(=O)O2)CCCC2COC(=O)O2)O1. The molecule has 0 amide bonds. The lowest BCUT2D eigenvalue weighted by molar-refractivity contribution is 0.101. The lowest BCUT2D eigenvalue weighted by Crippen LogP contribution is -2.25. The van der Waals surface area contributed by atoms with Crippen LogP contribution in [0.5, 0.6) is 0 Å². The van der Waals surface area contributed by atoms with Crippen molar-refractivity contribution in [2.24, 2.45) is 5.41 Å². The van der Waals surface area contributed by atoms with Gasteiger partial charge < -0.3 is 37.9 Å². The summed E-state index contributed by atoms with van der Waals surface area (Å²) in [5, 5.41) is 0. The molecule has 4 saturated heterocycles. The summed E-state index contributed by atoms with van der Waals surface area (Å²) in [5.41, 5.74) is -0.0418. The molecule has 4 heterocycles. The number of ether oxygens (including phenoxy) is 8. The van der Waals surface area contributed by atoms with Crippen LogP contribution in [0.2, 0.25) is 0 Å². The van der Waals surface area contributed by atoms with E-state index in [0.29, 0.717) is 25.7 Å². The Balaban J connectivity index is 1.35. The van der Waals surface area contributed by atoms with Crippen molar-refractivity contribution in [3.63, 3.8) is 0 Å². The number of carbonyl (C=O) groups excluding carboxylic acids is 4. The highest BCUT2D eigenvalue weighted by Gasteiger charge is 2.34. The second-order valence-electron chi connectivity index (χ2n) is 10.3. The van der Waals surface area contributed by atoms with Gasteiger partial charge in [0.1, 0.15) is 50.8 Å². The molecular formula is C25H36O12. The zero-order chi connectivity index (χ0) is 26.1. The molecule has 0 radical (unpaired) electrons. The molecule has 4 unspecified atom stereocenters. The van der Waals surface area contributed by atoms with Crippen molar-refractivity contribution in [3.05, 3.63) is 0 Å². The molecule has 0 aromatic carbocycles. The molecule has 0 aliphatic carbocycles. The molecule has 208 valence electrons. The van der Waals surface area contributed by atoms with Gasteiger partial charge >= 0.3 is 24.6 Å². The topological polar surface area (TPSA) is 142 Å². The monoisotopic (exact) mass is 528 g/mol. The number of hydrogen-bond acceptors (Lipinski definition) is 12. The Kier molecular flexibility index (Phi) is 9.56. The number of carbonyl (C=O) groups is 4. The standard InChI is InChI=1S/C25H36O12/c26-21-30-13-17(34-21)5-1-9-25(10-2-6-18-14-31-22(27)35-18,11-3-7-19-15-32-23(28)36-19)12-4-8-20-16-33-24(29)37-20/h17-20H,1-16H2. The third kappa shape index (κ3) is 8.57. The van der Waals surface area contributed by atoms with Crippen molar-refractivity contribution in [2.45, 2.75) is 101 Å². The van der Waals surface area contributed by atoms with Gasteiger partial charge in [-0.25, -0.2) is 19.2 Å². The molecule has 12 heteroatoms. The van der Waals surface area contributed by atoms with Crippen LogP contribution in [-0.4, -0.2) is 75.5 Å². The van der Waals surface area contributed by atoms with E-state index in [1.807, 2.05) is 0 Å². The van der Waals surface area contributed by atoms with Crippen molar-refractivity contribution in [2.75, 3.05) is 26.4 Å². The second-order valence-corrected chi connectivity index (χ2v) is 10.3. The predicted octanol–water partition coefficient (Wildman–Crippen LogP) is 4.80. The van der Waals surface area contributed by atoms with E-state index in [9.17, 15) is 19.2 Å². The first-order valence-electron chi connectivity index (χ1n) is 13.2. The summed E-state index contributed by atoms with van der Waals surface area (Å²) >= 11 is 0. The van der Waals surface area contributed by atoms with Gasteiger partial charge in [0.15, 0.2) is 0 Å². The lowest BCUT2D eigenvalue weighted by Gasteiger charge is -2.35. The Labute approximate surface area is 215 Å². The van der Waals surface area contributed by atoms with Gasteiger partial charge in [-0.05, 0) is 82.5 Å². The van der Waals surface area contributed by atoms with E-state index < -0.39 is 24.6 Å². The van der Waals surface area contributed by atoms with Gasteiger partial charge in [0, 0.05) is 0 Å². The number of rotatable bonds is 16. The largest absolute Gasteiger partial charge is 0.508 e. The van der Waals surface area contributed by atoms with E-state index in [1.54, 1.807) is 0 Å². The molecule has 12 nitrogen and oxygen atoms in total. The molecule has 4 aliphatic rings. The van der Waals surface area contributed by atoms with Gasteiger partial charge in [-0.2, -0.15) is 0 Å². The second kappa shape index (κ2) is 13.0. The maximum atomic E-state index is 11.3. The number of hydrogen-bond donors (Lipinski definition) is 0. The zero-order valence-corrected chi connectivity index (χ0v) is 21.0. The van der Waals surface area contributed by atoms with Crippen LogP contribution in [-0.2, 0) is 37.9 Å². The summed E-state index contributed by atoms with van der Waals surface area (Å²) in [6, 6.07) is 0. The van der Waals surface area contributed by atoms with Crippen molar-refractivity contribution >= 4 is 24.6 Å². The first-order valence-corrected chi connectivity index (χ1v) is 13.2. The van der Waals surface area contributed by atoms with Crippen LogP contribution in [0, 0.1) is 5.41 Å². The summed E-state index contributed by atoms with van der Waals surface area (Å²) in [5.74, 6) is 0. The third-order valence-electron chi connectivity index (χ3n) is 7.53. The third-order valence-corrected chi connectivity index (χ3v) is 7.53. The van der Waals surface area contributed by atoms with Crippen LogP contribution in [0.1, 0.15) is 77.0 Å². The molecule has 4 fully saturated rings. The quantitative estimate of drug-likeness (QED) is 0.201. The maximum Gasteiger partial charge on any atom is 0.508 e. The van der Waals surface area contributed by atoms with E-state index in [1.165, 1.54) is 0 Å². The maximum absolute atomic E-state index is 11.3. The van der Waals surface area contributed by atoms with E-state index in [-0.39, 0.29) is 56.3 Å². The minimum atomic E-state index is -0.619. The fraction of sp³-hybridized carbons (Fsp3) is 0.840. The molecule has 37 heavy (non-hydrogen) atoms. The first-order chi connectivity index (χ1) is 17.9. The molecule has 0 N–H and O–H groups in total. The van der Waals surface area contributed by atoms with Crippen LogP contribution in [0.3, 0.4) is 0 Å². The van der Waals surface area contributed by atoms with Gasteiger partial charge in [-0.3, -0.25) is 0 Å². The molecule has 4 rings (SSSR count). The Bertz CT molecular complexity index is 680. The Morgan fingerprint density at radius 3 is 0.892 bits per heavy atom. The Morgan fingerprint density at radius 2 is 0.703 bits per heavy atom. The van der Waals surface area contributed by atoms with Gasteiger partial charge in [0.2, 0.25) is 0 Å². The Hall–Kier alpha value is -2.92. The minimum absolute atomic E-state index is 0.0418. The summed E-state index contributed by atoms with van der Waals surface area (Å²) in [7, 11) is 0. The normalized spacial score (nSPS) is 28.3. The smallest absolute Gasteiger partial charge is 0.430 e. The van der Waals surface area contributed by atoms with E-state index in [2.05, 4.69) is 0 Å². The summed E-state index contributed by atoms with van der Waals surface area (Å²) in [6.07, 6.45) is 6.49. The average molecular weight is 529 g/mol. The van der Waals surface area contributed by atoms with Gasteiger partial charge in [0.05, 0.1) is 0 Å². The van der Waals surface area contributed by atoms with Gasteiger partial charge in [0.25, 0.3) is 0 Å². The predicted molar refractivity (Wildman–Crippen MR) is 123 cm³/mol. The molecule has 0 bridgehead atoms. The van der Waals surface area contributed by atoms with E-state index >= 15 is 0 Å². The fourth-order valence-electron chi connectivity index (χ4n) is 5.60. The Morgan fingerprint density at radius 1 is 0.459 bits per heavy atom. The molecule has 4 aliphatic heterocycles. The highest BCUT2D eigenvalue weighted by molar-refractivity contribution is 5.62. The molecular weight excluding hydrogens is 492 g/mol. The molecule has 4 atom stereocenters. The highest BCUT2D eigenvalue weighted by Crippen LogP contribution is 2.42. The van der Waals surface area contributed by atoms with Gasteiger partial charge in [-0.15, -0.1) is 0 Å². The average Bonchev–Trinajstić information content (AvgIpc) is 3.65. The minimum Gasteiger partial charge on any atom is -0.430 e. The summed E-state index contributed by atoms with van der Waals surface area (Å²) in [6.45, 7) is 1.11. The van der Waals surface area contributed by atoms with Crippen LogP contribution >= 0.6 is 0 Å². The van der Waals surface area contributed by atoms with Crippen LogP contribution in [0.15, 0.2) is 0 Å². The molecule has 0 spiro atoms. The van der Waals surface area contributed by atoms with Crippen LogP contribution in [0.4, 0.5) is 19.2 Å². The van der Waals surface area contributed by atoms with Crippen molar-refractivity contribution < 1.29 is 57.1 Å². The fourth-order valence-corrected chi connectivity index (χ4v) is 5.60. The van der Waals surface area contributed by atoms with Gasteiger partial charge in [-0.1, -0.05) is 0 Å². The summed E-state index contributed by atoms with van der Waals surface area (Å²) < 4.78 is 40.5. The summed E-state index contributed by atoms with van der Waals surface area (Å²) in [4.78, 5) is 45.2. The van der Waals surface area contributed by atoms with Crippen molar-refractivity contribution in [3.8, 4) is 0 Å². The van der Waals surface area contributed by atoms with Crippen molar-refractivity contribution in [1.82, 2.24) is 0 Å². The molecule has 0 aromatic heterocycles. The van der Waals surface area contributed by atoms with Crippen LogP contribution in [0.25, 0.3) is 0 Å². The lowest BCUT2D eigenvalue weighted by atomic mass is 9.70. The van der Waals surface area contributed by atoms with Crippen LogP contribution < -0.4 is 0 Å². The first kappa shape index (κ1) is 27.1. The van der Waals surface area contributed by atoms with E-state index in [4.69, 9.17) is 37.9 Å². The molecule has 0 aromatic rings.